The zero-order valence-corrected chi connectivity index (χ0v) is 12.6. The predicted molar refractivity (Wildman–Crippen MR) is 81.6 cm³/mol. The van der Waals surface area contributed by atoms with Crippen LogP contribution in [0.4, 0.5) is 10.9 Å². The fourth-order valence-electron chi connectivity index (χ4n) is 2.06. The average Bonchev–Trinajstić information content (AvgIpc) is 3.04. The lowest BCUT2D eigenvalue weighted by Crippen LogP contribution is -2.27. The van der Waals surface area contributed by atoms with E-state index >= 15 is 0 Å². The summed E-state index contributed by atoms with van der Waals surface area (Å²) in [6.45, 7) is 2.52. The molecule has 0 radical (unpaired) electrons. The second-order valence-corrected chi connectivity index (χ2v) is 5.77. The molecule has 9 heteroatoms. The minimum absolute atomic E-state index is 0.0307. The van der Waals surface area contributed by atoms with Gasteiger partial charge in [0.1, 0.15) is 10.7 Å². The monoisotopic (exact) mass is 315 g/mol. The van der Waals surface area contributed by atoms with E-state index in [4.69, 9.17) is 21.3 Å². The third-order valence-electron chi connectivity index (χ3n) is 3.11. The van der Waals surface area contributed by atoms with Gasteiger partial charge in [0, 0.05) is 25.7 Å². The number of aromatic nitrogens is 1. The van der Waals surface area contributed by atoms with E-state index in [0.717, 1.165) is 24.6 Å². The standard InChI is InChI=1S/C12H21N5O3S/c13-8-1-3-17(7-8)12-16-10(14)9(21-12)11(19)15-2-5-20-6-4-18/h8,18H,1-7,13-14H2,(H,15,19). The molecule has 21 heavy (non-hydrogen) atoms. The molecule has 0 aromatic carbocycles. The highest BCUT2D eigenvalue weighted by molar-refractivity contribution is 7.18. The summed E-state index contributed by atoms with van der Waals surface area (Å²) >= 11 is 1.28. The van der Waals surface area contributed by atoms with Crippen molar-refractivity contribution in [2.45, 2.75) is 12.5 Å². The molecule has 0 spiro atoms. The van der Waals surface area contributed by atoms with Gasteiger partial charge < -0.3 is 31.5 Å². The topological polar surface area (TPSA) is 127 Å². The number of ether oxygens (including phenoxy) is 1. The van der Waals surface area contributed by atoms with Crippen LogP contribution in [0.5, 0.6) is 0 Å². The normalized spacial score (nSPS) is 18.2. The van der Waals surface area contributed by atoms with Gasteiger partial charge in [-0.05, 0) is 6.42 Å². The lowest BCUT2D eigenvalue weighted by Gasteiger charge is -2.12. The molecule has 1 fully saturated rings. The maximum Gasteiger partial charge on any atom is 0.265 e. The zero-order valence-electron chi connectivity index (χ0n) is 11.7. The molecule has 1 aliphatic heterocycles. The van der Waals surface area contributed by atoms with Gasteiger partial charge in [0.2, 0.25) is 0 Å². The Labute approximate surface area is 127 Å². The molecule has 2 rings (SSSR count). The van der Waals surface area contributed by atoms with Crippen LogP contribution in [0.25, 0.3) is 0 Å². The van der Waals surface area contributed by atoms with Gasteiger partial charge >= 0.3 is 0 Å². The molecule has 2 heterocycles. The Morgan fingerprint density at radius 1 is 1.57 bits per heavy atom. The first kappa shape index (κ1) is 16.0. The number of hydrogen-bond acceptors (Lipinski definition) is 8. The Morgan fingerprint density at radius 2 is 2.38 bits per heavy atom. The van der Waals surface area contributed by atoms with Crippen LogP contribution >= 0.6 is 11.3 Å². The van der Waals surface area contributed by atoms with Gasteiger partial charge in [-0.3, -0.25) is 4.79 Å². The van der Waals surface area contributed by atoms with Gasteiger partial charge in [-0.15, -0.1) is 0 Å². The summed E-state index contributed by atoms with van der Waals surface area (Å²) < 4.78 is 5.07. The number of nitrogen functional groups attached to an aromatic ring is 1. The molecule has 1 aromatic rings. The lowest BCUT2D eigenvalue weighted by atomic mass is 10.3. The number of nitrogens with zero attached hydrogens (tertiary/aromatic N) is 2. The van der Waals surface area contributed by atoms with Crippen molar-refractivity contribution in [2.24, 2.45) is 5.73 Å². The molecule has 1 aromatic heterocycles. The molecule has 8 nitrogen and oxygen atoms in total. The average molecular weight is 315 g/mol. The Morgan fingerprint density at radius 3 is 3.05 bits per heavy atom. The highest BCUT2D eigenvalue weighted by atomic mass is 32.1. The summed E-state index contributed by atoms with van der Waals surface area (Å²) in [7, 11) is 0. The third-order valence-corrected chi connectivity index (χ3v) is 4.24. The van der Waals surface area contributed by atoms with Crippen molar-refractivity contribution in [3.05, 3.63) is 4.88 Å². The molecule has 6 N–H and O–H groups in total. The van der Waals surface area contributed by atoms with Crippen molar-refractivity contribution in [1.29, 1.82) is 0 Å². The van der Waals surface area contributed by atoms with Crippen LogP contribution in [0, 0.1) is 0 Å². The number of hydrogen-bond donors (Lipinski definition) is 4. The Hall–Kier alpha value is -1.42. The van der Waals surface area contributed by atoms with E-state index in [0.29, 0.717) is 18.0 Å². The summed E-state index contributed by atoms with van der Waals surface area (Å²) in [6.07, 6.45) is 0.920. The van der Waals surface area contributed by atoms with Gasteiger partial charge in [-0.2, -0.15) is 0 Å². The third kappa shape index (κ3) is 4.27. The summed E-state index contributed by atoms with van der Waals surface area (Å²) in [4.78, 5) is 18.7. The summed E-state index contributed by atoms with van der Waals surface area (Å²) in [6, 6.07) is 0.149. The molecule has 1 saturated heterocycles. The van der Waals surface area contributed by atoms with E-state index < -0.39 is 0 Å². The van der Waals surface area contributed by atoms with Crippen LogP contribution in [-0.2, 0) is 4.74 Å². The number of amides is 1. The summed E-state index contributed by atoms with van der Waals surface area (Å²) in [5.74, 6) is -0.0170. The number of carbonyl (C=O) groups excluding carboxylic acids is 1. The van der Waals surface area contributed by atoms with Crippen molar-refractivity contribution in [2.75, 3.05) is 50.1 Å². The Balaban J connectivity index is 1.88. The van der Waals surface area contributed by atoms with Crippen molar-refractivity contribution >= 4 is 28.2 Å². The first-order valence-electron chi connectivity index (χ1n) is 6.85. The number of rotatable bonds is 7. The van der Waals surface area contributed by atoms with Crippen molar-refractivity contribution < 1.29 is 14.6 Å². The highest BCUT2D eigenvalue weighted by Gasteiger charge is 2.24. The molecule has 118 valence electrons. The van der Waals surface area contributed by atoms with Gasteiger partial charge in [-0.25, -0.2) is 4.98 Å². The SMILES string of the molecule is Nc1nc(N2CCC(N)C2)sc1C(=O)NCCOCCO. The maximum absolute atomic E-state index is 12.0. The van der Waals surface area contributed by atoms with Crippen molar-refractivity contribution in [3.8, 4) is 0 Å². The number of nitrogens with two attached hydrogens (primary N) is 2. The Bertz CT molecular complexity index is 481. The number of anilines is 2. The highest BCUT2D eigenvalue weighted by Crippen LogP contribution is 2.30. The molecule has 0 bridgehead atoms. The molecule has 0 aliphatic carbocycles. The number of thiazole rings is 1. The lowest BCUT2D eigenvalue weighted by molar-refractivity contribution is 0.0841. The molecule has 1 unspecified atom stereocenters. The maximum atomic E-state index is 12.0. The smallest absolute Gasteiger partial charge is 0.265 e. The van der Waals surface area contributed by atoms with E-state index in [2.05, 4.69) is 10.3 Å². The van der Waals surface area contributed by atoms with Crippen LogP contribution in [0.2, 0.25) is 0 Å². The molecular weight excluding hydrogens is 294 g/mol. The minimum atomic E-state index is -0.257. The number of nitrogens with one attached hydrogen (secondary N) is 1. The number of carbonyl (C=O) groups is 1. The second-order valence-electron chi connectivity index (χ2n) is 4.80. The number of aliphatic hydroxyl groups excluding tert-OH is 1. The van der Waals surface area contributed by atoms with Crippen LogP contribution in [-0.4, -0.2) is 61.5 Å². The minimum Gasteiger partial charge on any atom is -0.394 e. The van der Waals surface area contributed by atoms with E-state index in [9.17, 15) is 4.79 Å². The quantitative estimate of drug-likeness (QED) is 0.475. The first-order valence-corrected chi connectivity index (χ1v) is 7.67. The van der Waals surface area contributed by atoms with E-state index in [1.165, 1.54) is 11.3 Å². The summed E-state index contributed by atoms with van der Waals surface area (Å²) in [5.41, 5.74) is 11.7. The van der Waals surface area contributed by atoms with Gasteiger partial charge in [0.05, 0.1) is 19.8 Å². The largest absolute Gasteiger partial charge is 0.394 e. The van der Waals surface area contributed by atoms with Crippen LogP contribution in [0.1, 0.15) is 16.1 Å². The van der Waals surface area contributed by atoms with Crippen LogP contribution < -0.4 is 21.7 Å². The zero-order chi connectivity index (χ0) is 15.2. The van der Waals surface area contributed by atoms with Gasteiger partial charge in [0.15, 0.2) is 5.13 Å². The summed E-state index contributed by atoms with van der Waals surface area (Å²) in [5, 5.41) is 12.0. The van der Waals surface area contributed by atoms with Crippen molar-refractivity contribution in [1.82, 2.24) is 10.3 Å². The molecule has 0 saturated carbocycles. The van der Waals surface area contributed by atoms with Gasteiger partial charge in [0.25, 0.3) is 5.91 Å². The number of aliphatic hydroxyl groups is 1. The van der Waals surface area contributed by atoms with E-state index in [-0.39, 0.29) is 31.0 Å². The van der Waals surface area contributed by atoms with E-state index in [1.54, 1.807) is 0 Å². The first-order chi connectivity index (χ1) is 10.1. The molecule has 1 atom stereocenters. The van der Waals surface area contributed by atoms with Gasteiger partial charge in [-0.1, -0.05) is 11.3 Å². The molecular formula is C12H21N5O3S. The van der Waals surface area contributed by atoms with E-state index in [1.807, 2.05) is 4.90 Å². The van der Waals surface area contributed by atoms with Crippen LogP contribution in [0.15, 0.2) is 0 Å². The van der Waals surface area contributed by atoms with Crippen LogP contribution in [0.3, 0.4) is 0 Å². The molecule has 1 amide bonds. The molecule has 1 aliphatic rings. The van der Waals surface area contributed by atoms with Crippen molar-refractivity contribution in [3.63, 3.8) is 0 Å². The fourth-order valence-corrected chi connectivity index (χ4v) is 3.00. The predicted octanol–water partition coefficient (Wildman–Crippen LogP) is -0.999. The fraction of sp³-hybridized carbons (Fsp3) is 0.667. The Kier molecular flexibility index (Phi) is 5.74. The second kappa shape index (κ2) is 7.55.